The number of aryl methyl sites for hydroxylation is 3. The van der Waals surface area contributed by atoms with Crippen molar-refractivity contribution in [3.05, 3.63) is 120 Å². The summed E-state index contributed by atoms with van der Waals surface area (Å²) < 4.78 is 14.8. The van der Waals surface area contributed by atoms with E-state index in [4.69, 9.17) is 30.9 Å². The Balaban J connectivity index is 0.000000154. The van der Waals surface area contributed by atoms with Crippen LogP contribution in [0.25, 0.3) is 33.7 Å². The summed E-state index contributed by atoms with van der Waals surface area (Å²) in [6.45, 7) is 6.42. The molecule has 54 heavy (non-hydrogen) atoms. The monoisotopic (exact) mass is 718 g/mol. The predicted molar refractivity (Wildman–Crippen MR) is 211 cm³/mol. The fourth-order valence-electron chi connectivity index (χ4n) is 6.25. The molecule has 0 bridgehead atoms. The Bertz CT molecular complexity index is 2620. The second-order valence-corrected chi connectivity index (χ2v) is 12.5. The van der Waals surface area contributed by atoms with Gasteiger partial charge < -0.3 is 31.6 Å². The average Bonchev–Trinajstić information content (AvgIpc) is 3.90. The number of nitrogens with one attached hydrogen (secondary N) is 2. The zero-order chi connectivity index (χ0) is 37.2. The average molecular weight is 719 g/mol. The lowest BCUT2D eigenvalue weighted by molar-refractivity contribution is 0.174. The van der Waals surface area contributed by atoms with E-state index in [1.54, 1.807) is 12.1 Å². The predicted octanol–water partition coefficient (Wildman–Crippen LogP) is 7.44. The molecule has 0 spiro atoms. The summed E-state index contributed by atoms with van der Waals surface area (Å²) >= 11 is 0. The van der Waals surface area contributed by atoms with Gasteiger partial charge in [-0.25, -0.2) is 9.97 Å². The Morgan fingerprint density at radius 2 is 1.07 bits per heavy atom. The lowest BCUT2D eigenvalue weighted by Crippen LogP contribution is -2.08. The summed E-state index contributed by atoms with van der Waals surface area (Å²) in [5.41, 5.74) is 18.9. The number of hydrogen-bond donors (Lipinski definition) is 4. The molecule has 0 unspecified atom stereocenters. The molecule has 14 nitrogen and oxygen atoms in total. The minimum Gasteiger partial charge on any atom is -0.454 e. The van der Waals surface area contributed by atoms with Crippen LogP contribution in [-0.2, 0) is 12.8 Å². The molecule has 0 atom stereocenters. The Labute approximate surface area is 310 Å². The van der Waals surface area contributed by atoms with Crippen LogP contribution in [0.2, 0.25) is 0 Å². The molecule has 0 aliphatic carbocycles. The highest BCUT2D eigenvalue weighted by molar-refractivity contribution is 5.79. The van der Waals surface area contributed by atoms with Crippen LogP contribution < -0.4 is 31.6 Å². The molecule has 4 aromatic heterocycles. The van der Waals surface area contributed by atoms with Gasteiger partial charge in [-0.1, -0.05) is 55.8 Å². The molecule has 270 valence electrons. The summed E-state index contributed by atoms with van der Waals surface area (Å²) in [4.78, 5) is 27.4. The first-order valence-corrected chi connectivity index (χ1v) is 17.6. The number of aromatic nitrogens is 8. The molecular formula is C40H38N12O2. The Hall–Kier alpha value is -7.22. The third-order valence-corrected chi connectivity index (χ3v) is 8.75. The third-order valence-electron chi connectivity index (χ3n) is 8.75. The molecule has 0 amide bonds. The van der Waals surface area contributed by atoms with Gasteiger partial charge in [-0.2, -0.15) is 19.9 Å². The van der Waals surface area contributed by atoms with Crippen molar-refractivity contribution in [3.8, 4) is 23.1 Å². The SMILES string of the molecule is CCc1nc2ccccc2n1-c1cc(N)nc(Nc2ccc(C)cc2)n1.CCc1nc2ccccc2n1-c1cc(N)nc(Nc2ccc3c(c2)OCO3)n1. The number of para-hydroxylation sites is 4. The van der Waals surface area contributed by atoms with Crippen molar-refractivity contribution >= 4 is 57.0 Å². The minimum absolute atomic E-state index is 0.227. The topological polar surface area (TPSA) is 182 Å². The van der Waals surface area contributed by atoms with Crippen LogP contribution in [0.4, 0.5) is 34.9 Å². The number of benzene rings is 4. The maximum Gasteiger partial charge on any atom is 0.231 e. The van der Waals surface area contributed by atoms with Crippen molar-refractivity contribution < 1.29 is 9.47 Å². The number of nitrogens with zero attached hydrogens (tertiary/aromatic N) is 8. The van der Waals surface area contributed by atoms with Crippen molar-refractivity contribution in [2.45, 2.75) is 33.6 Å². The van der Waals surface area contributed by atoms with Crippen LogP contribution in [0.3, 0.4) is 0 Å². The molecule has 0 saturated heterocycles. The number of fused-ring (bicyclic) bond motifs is 3. The lowest BCUT2D eigenvalue weighted by atomic mass is 10.2. The molecule has 9 rings (SSSR count). The molecule has 1 aliphatic rings. The summed E-state index contributed by atoms with van der Waals surface area (Å²) in [5.74, 6) is 6.26. The van der Waals surface area contributed by atoms with E-state index in [0.29, 0.717) is 40.9 Å². The highest BCUT2D eigenvalue weighted by Crippen LogP contribution is 2.35. The molecule has 4 aromatic carbocycles. The van der Waals surface area contributed by atoms with Crippen molar-refractivity contribution in [2.24, 2.45) is 0 Å². The first kappa shape index (κ1) is 33.9. The van der Waals surface area contributed by atoms with Crippen molar-refractivity contribution in [3.63, 3.8) is 0 Å². The third kappa shape index (κ3) is 6.87. The van der Waals surface area contributed by atoms with Crippen LogP contribution in [0.5, 0.6) is 11.5 Å². The van der Waals surface area contributed by atoms with Gasteiger partial charge in [0.2, 0.25) is 18.7 Å². The second-order valence-electron chi connectivity index (χ2n) is 12.5. The van der Waals surface area contributed by atoms with E-state index >= 15 is 0 Å². The van der Waals surface area contributed by atoms with Gasteiger partial charge in [0, 0.05) is 42.4 Å². The number of ether oxygens (including phenoxy) is 2. The van der Waals surface area contributed by atoms with Crippen molar-refractivity contribution in [1.29, 1.82) is 0 Å². The Morgan fingerprint density at radius 1 is 0.574 bits per heavy atom. The number of nitrogen functional groups attached to an aromatic ring is 2. The Morgan fingerprint density at radius 3 is 1.63 bits per heavy atom. The van der Waals surface area contributed by atoms with Crippen LogP contribution in [0.1, 0.15) is 31.1 Å². The minimum atomic E-state index is 0.227. The van der Waals surface area contributed by atoms with Gasteiger partial charge in [0.25, 0.3) is 0 Å². The number of hydrogen-bond acceptors (Lipinski definition) is 12. The summed E-state index contributed by atoms with van der Waals surface area (Å²) in [6, 6.07) is 33.1. The van der Waals surface area contributed by atoms with Gasteiger partial charge in [-0.05, 0) is 55.5 Å². The number of anilines is 6. The smallest absolute Gasteiger partial charge is 0.231 e. The zero-order valence-corrected chi connectivity index (χ0v) is 30.0. The first-order valence-electron chi connectivity index (χ1n) is 17.6. The molecule has 5 heterocycles. The molecule has 14 heteroatoms. The van der Waals surface area contributed by atoms with Crippen molar-refractivity contribution in [2.75, 3.05) is 28.9 Å². The lowest BCUT2D eigenvalue weighted by Gasteiger charge is -2.11. The van der Waals surface area contributed by atoms with E-state index in [2.05, 4.69) is 51.3 Å². The maximum absolute atomic E-state index is 6.08. The summed E-state index contributed by atoms with van der Waals surface area (Å²) in [7, 11) is 0. The molecule has 8 aromatic rings. The highest BCUT2D eigenvalue weighted by atomic mass is 16.7. The van der Waals surface area contributed by atoms with Crippen LogP contribution in [-0.4, -0.2) is 45.8 Å². The molecule has 1 aliphatic heterocycles. The number of rotatable bonds is 8. The second kappa shape index (κ2) is 14.4. The van der Waals surface area contributed by atoms with Crippen LogP contribution >= 0.6 is 0 Å². The number of nitrogens with two attached hydrogens (primary N) is 2. The standard InChI is InChI=1S/C20H18N6O2.C20H20N6/c1-2-18-23-13-5-3-4-6-14(13)26(18)19-10-17(21)24-20(25-19)22-12-7-8-15-16(9-12)28-11-27-15;1-3-18-23-15-6-4-5-7-16(15)26(18)19-12-17(21)24-20(25-19)22-14-10-8-13(2)9-11-14/h3-10H,2,11H2,1H3,(H3,21,22,24,25);4-12H,3H2,1-2H3,(H3,21,22,24,25). The van der Waals surface area contributed by atoms with E-state index in [1.165, 1.54) is 5.56 Å². The fraction of sp³-hybridized carbons (Fsp3) is 0.150. The van der Waals surface area contributed by atoms with Crippen LogP contribution in [0, 0.1) is 6.92 Å². The largest absolute Gasteiger partial charge is 0.454 e. The van der Waals surface area contributed by atoms with Gasteiger partial charge >= 0.3 is 0 Å². The van der Waals surface area contributed by atoms with Gasteiger partial charge in [0.1, 0.15) is 34.9 Å². The number of imidazole rings is 2. The van der Waals surface area contributed by atoms with E-state index in [-0.39, 0.29) is 6.79 Å². The van der Waals surface area contributed by atoms with Gasteiger partial charge in [-0.3, -0.25) is 9.13 Å². The van der Waals surface area contributed by atoms with Crippen LogP contribution in [0.15, 0.2) is 103 Å². The van der Waals surface area contributed by atoms with E-state index in [1.807, 2.05) is 100 Å². The molecular weight excluding hydrogens is 681 g/mol. The fourth-order valence-corrected chi connectivity index (χ4v) is 6.25. The van der Waals surface area contributed by atoms with Gasteiger partial charge in [0.05, 0.1) is 22.1 Å². The van der Waals surface area contributed by atoms with Gasteiger partial charge in [0.15, 0.2) is 11.5 Å². The maximum atomic E-state index is 6.08. The molecule has 6 N–H and O–H groups in total. The normalized spacial score (nSPS) is 11.8. The van der Waals surface area contributed by atoms with Crippen molar-refractivity contribution in [1.82, 2.24) is 39.0 Å². The highest BCUT2D eigenvalue weighted by Gasteiger charge is 2.17. The zero-order valence-electron chi connectivity index (χ0n) is 30.0. The molecule has 0 radical (unpaired) electrons. The van der Waals surface area contributed by atoms with E-state index < -0.39 is 0 Å². The molecule has 0 saturated carbocycles. The Kier molecular flexibility index (Phi) is 9.05. The van der Waals surface area contributed by atoms with E-state index in [9.17, 15) is 0 Å². The quantitative estimate of drug-likeness (QED) is 0.122. The van der Waals surface area contributed by atoms with E-state index in [0.717, 1.165) is 63.7 Å². The summed E-state index contributed by atoms with van der Waals surface area (Å²) in [6.07, 6.45) is 1.56. The molecule has 0 fully saturated rings. The first-order chi connectivity index (χ1) is 26.3. The van der Waals surface area contributed by atoms with Gasteiger partial charge in [-0.15, -0.1) is 0 Å². The summed E-state index contributed by atoms with van der Waals surface area (Å²) in [5, 5.41) is 6.41.